The van der Waals surface area contributed by atoms with Crippen LogP contribution in [0.3, 0.4) is 0 Å². The number of nitrogens with zero attached hydrogens (tertiary/aromatic N) is 4. The number of carbonyl (C=O) groups is 1. The fraction of sp³-hybridized carbons (Fsp3) is 0.294. The summed E-state index contributed by atoms with van der Waals surface area (Å²) in [6.45, 7) is 3.72. The Labute approximate surface area is 274 Å². The molecule has 0 radical (unpaired) electrons. The van der Waals surface area contributed by atoms with Crippen LogP contribution >= 0.6 is 23.2 Å². The second-order valence-corrected chi connectivity index (χ2v) is 11.6. The Morgan fingerprint density at radius 3 is 2.89 bits per heavy atom. The van der Waals surface area contributed by atoms with E-state index in [2.05, 4.69) is 37.7 Å². The zero-order valence-electron chi connectivity index (χ0n) is 25.0. The van der Waals surface area contributed by atoms with Gasteiger partial charge < -0.3 is 21.1 Å². The molecule has 1 atom stereocenters. The van der Waals surface area contributed by atoms with E-state index >= 15 is 0 Å². The quantitative estimate of drug-likeness (QED) is 0.160. The van der Waals surface area contributed by atoms with Crippen molar-refractivity contribution in [2.24, 2.45) is 15.7 Å². The maximum atomic E-state index is 12.9. The van der Waals surface area contributed by atoms with Crippen LogP contribution < -0.4 is 21.1 Å². The molecule has 9 nitrogen and oxygen atoms in total. The average Bonchev–Trinajstić information content (AvgIpc) is 3.38. The van der Waals surface area contributed by atoms with E-state index in [0.29, 0.717) is 43.4 Å². The molecular formula is C34H37Cl2N7O2. The highest BCUT2D eigenvalue weighted by Gasteiger charge is 2.28. The number of aliphatic imine (C=N–C) groups is 2. The van der Waals surface area contributed by atoms with Crippen molar-refractivity contribution in [1.82, 2.24) is 20.5 Å². The smallest absolute Gasteiger partial charge is 0.254 e. The highest BCUT2D eigenvalue weighted by atomic mass is 35.5. The summed E-state index contributed by atoms with van der Waals surface area (Å²) in [5.74, 6) is 1.06. The van der Waals surface area contributed by atoms with Crippen molar-refractivity contribution in [2.45, 2.75) is 25.3 Å². The Balaban J connectivity index is 1.21. The number of nitrogens with one attached hydrogen (secondary N) is 2. The predicted octanol–water partition coefficient (Wildman–Crippen LogP) is 5.46. The molecule has 45 heavy (non-hydrogen) atoms. The number of hydrogen-bond donors (Lipinski definition) is 3. The molecule has 1 amide bonds. The molecule has 1 aromatic heterocycles. The van der Waals surface area contributed by atoms with Gasteiger partial charge in [-0.15, -0.1) is 0 Å². The molecule has 0 bridgehead atoms. The van der Waals surface area contributed by atoms with Gasteiger partial charge in [0.1, 0.15) is 11.6 Å². The summed E-state index contributed by atoms with van der Waals surface area (Å²) in [6.07, 6.45) is 15.2. The number of amidine groups is 1. The van der Waals surface area contributed by atoms with Gasteiger partial charge in [0.15, 0.2) is 0 Å². The molecule has 1 unspecified atom stereocenters. The van der Waals surface area contributed by atoms with E-state index in [1.165, 1.54) is 11.8 Å². The molecule has 2 aliphatic heterocycles. The summed E-state index contributed by atoms with van der Waals surface area (Å²) in [6, 6.07) is 13.7. The Kier molecular flexibility index (Phi) is 11.8. The summed E-state index contributed by atoms with van der Waals surface area (Å²) < 4.78 is 5.91. The SMILES string of the molecule is NC(CNCCN(CC1=CCC(CNC(=O)C2=C(Cl)CC=NC=C2Cl)=CC=C1)C1CCOc2cccnc21)=Nc1ccccc1. The Bertz CT molecular complexity index is 1580. The minimum atomic E-state index is -0.316. The van der Waals surface area contributed by atoms with Crippen molar-refractivity contribution in [1.29, 1.82) is 0 Å². The lowest BCUT2D eigenvalue weighted by atomic mass is 10.0. The minimum Gasteiger partial charge on any atom is -0.492 e. The lowest BCUT2D eigenvalue weighted by Gasteiger charge is -2.35. The molecule has 3 aliphatic rings. The average molecular weight is 647 g/mol. The van der Waals surface area contributed by atoms with Gasteiger partial charge in [-0.25, -0.2) is 4.99 Å². The van der Waals surface area contributed by atoms with E-state index in [1.807, 2.05) is 60.8 Å². The number of aromatic nitrogens is 1. The number of nitrogens with two attached hydrogens (primary N) is 1. The third-order valence-electron chi connectivity index (χ3n) is 7.55. The maximum Gasteiger partial charge on any atom is 0.254 e. The topological polar surface area (TPSA) is 117 Å². The number of hydrogen-bond acceptors (Lipinski definition) is 7. The number of pyridine rings is 1. The molecule has 0 fully saturated rings. The highest BCUT2D eigenvalue weighted by Crippen LogP contribution is 2.34. The van der Waals surface area contributed by atoms with Crippen molar-refractivity contribution < 1.29 is 9.53 Å². The van der Waals surface area contributed by atoms with E-state index in [-0.39, 0.29) is 22.6 Å². The van der Waals surface area contributed by atoms with Crippen molar-refractivity contribution in [3.63, 3.8) is 0 Å². The first-order chi connectivity index (χ1) is 22.0. The fourth-order valence-electron chi connectivity index (χ4n) is 5.29. The van der Waals surface area contributed by atoms with Crippen LogP contribution in [0, 0.1) is 0 Å². The van der Waals surface area contributed by atoms with Crippen LogP contribution in [0.5, 0.6) is 5.75 Å². The predicted molar refractivity (Wildman–Crippen MR) is 182 cm³/mol. The second kappa shape index (κ2) is 16.3. The molecule has 0 spiro atoms. The molecule has 4 N–H and O–H groups in total. The molecule has 1 aromatic carbocycles. The summed E-state index contributed by atoms with van der Waals surface area (Å²) >= 11 is 12.6. The van der Waals surface area contributed by atoms with Crippen molar-refractivity contribution in [3.8, 4) is 5.75 Å². The third kappa shape index (κ3) is 9.25. The summed E-state index contributed by atoms with van der Waals surface area (Å²) in [7, 11) is 0. The van der Waals surface area contributed by atoms with Gasteiger partial charge in [-0.05, 0) is 41.8 Å². The van der Waals surface area contributed by atoms with E-state index < -0.39 is 0 Å². The Morgan fingerprint density at radius 1 is 1.16 bits per heavy atom. The molecule has 5 rings (SSSR count). The Hall–Kier alpha value is -4.02. The van der Waals surface area contributed by atoms with Crippen molar-refractivity contribution in [2.75, 3.05) is 39.3 Å². The van der Waals surface area contributed by atoms with Crippen LogP contribution in [-0.4, -0.2) is 67.2 Å². The molecule has 3 heterocycles. The number of benzene rings is 1. The summed E-state index contributed by atoms with van der Waals surface area (Å²) in [5.41, 5.74) is 10.5. The zero-order valence-corrected chi connectivity index (χ0v) is 26.5. The van der Waals surface area contributed by atoms with Crippen LogP contribution in [0.1, 0.15) is 31.0 Å². The maximum absolute atomic E-state index is 12.9. The number of rotatable bonds is 12. The van der Waals surface area contributed by atoms with Crippen LogP contribution in [0.4, 0.5) is 5.69 Å². The molecule has 11 heteroatoms. The minimum absolute atomic E-state index is 0.107. The summed E-state index contributed by atoms with van der Waals surface area (Å²) in [4.78, 5) is 28.6. The normalized spacial score (nSPS) is 18.3. The molecule has 0 saturated carbocycles. The number of fused-ring (bicyclic) bond motifs is 1. The number of halogens is 2. The first-order valence-corrected chi connectivity index (χ1v) is 15.7. The van der Waals surface area contributed by atoms with Crippen molar-refractivity contribution in [3.05, 3.63) is 112 Å². The van der Waals surface area contributed by atoms with Gasteiger partial charge in [0.05, 0.1) is 41.2 Å². The second-order valence-electron chi connectivity index (χ2n) is 10.8. The monoisotopic (exact) mass is 645 g/mol. The lowest BCUT2D eigenvalue weighted by molar-refractivity contribution is -0.117. The first-order valence-electron chi connectivity index (χ1n) is 15.0. The first kappa shape index (κ1) is 32.4. The Morgan fingerprint density at radius 2 is 2.02 bits per heavy atom. The molecule has 234 valence electrons. The lowest BCUT2D eigenvalue weighted by Crippen LogP contribution is -2.40. The van der Waals surface area contributed by atoms with Gasteiger partial charge in [-0.1, -0.05) is 65.7 Å². The van der Waals surface area contributed by atoms with Gasteiger partial charge in [-0.2, -0.15) is 0 Å². The van der Waals surface area contributed by atoms with Crippen molar-refractivity contribution >= 4 is 46.8 Å². The van der Waals surface area contributed by atoms with Gasteiger partial charge in [-0.3, -0.25) is 19.7 Å². The highest BCUT2D eigenvalue weighted by molar-refractivity contribution is 6.40. The largest absolute Gasteiger partial charge is 0.492 e. The van der Waals surface area contributed by atoms with E-state index in [9.17, 15) is 4.79 Å². The summed E-state index contributed by atoms with van der Waals surface area (Å²) in [5, 5.41) is 7.01. The van der Waals surface area contributed by atoms with Crippen LogP contribution in [0.2, 0.25) is 0 Å². The van der Waals surface area contributed by atoms with Crippen LogP contribution in [-0.2, 0) is 4.79 Å². The zero-order chi connectivity index (χ0) is 31.4. The molecular weight excluding hydrogens is 609 g/mol. The third-order valence-corrected chi connectivity index (χ3v) is 8.18. The standard InChI is InChI=1S/C34H37Cl2N7O2/c35-27-13-16-38-21-28(36)32(27)34(44)41-20-24-6-4-7-25(12-11-24)23-43(29-14-19-45-30-10-5-15-40-33(29)30)18-17-39-22-31(37)42-26-8-2-1-3-9-26/h1-10,12,15-16,21,29,39H,11,13-14,17-20,22-23H2,(H2,37,42)(H,41,44). The van der Waals surface area contributed by atoms with Gasteiger partial charge in [0, 0.05) is 62.7 Å². The molecule has 2 aromatic rings. The number of carbonyl (C=O) groups excluding carboxylic acids is 1. The van der Waals surface area contributed by atoms with Gasteiger partial charge in [0.25, 0.3) is 5.91 Å². The number of amides is 1. The number of ether oxygens (including phenoxy) is 1. The number of para-hydroxylation sites is 1. The van der Waals surface area contributed by atoms with E-state index in [4.69, 9.17) is 38.7 Å². The van der Waals surface area contributed by atoms with E-state index in [0.717, 1.165) is 48.8 Å². The van der Waals surface area contributed by atoms with Crippen LogP contribution in [0.25, 0.3) is 0 Å². The fourth-order valence-corrected chi connectivity index (χ4v) is 5.85. The molecule has 1 aliphatic carbocycles. The van der Waals surface area contributed by atoms with E-state index in [1.54, 1.807) is 6.21 Å². The van der Waals surface area contributed by atoms with Gasteiger partial charge >= 0.3 is 0 Å². The van der Waals surface area contributed by atoms with Crippen LogP contribution in [0.15, 0.2) is 116 Å². The number of allylic oxidation sites excluding steroid dienone is 4. The van der Waals surface area contributed by atoms with Gasteiger partial charge in [0.2, 0.25) is 0 Å². The molecule has 0 saturated heterocycles.